The molecule has 1 saturated heterocycles. The minimum Gasteiger partial charge on any atom is -0.483 e. The molecule has 1 fully saturated rings. The first-order valence-electron chi connectivity index (χ1n) is 11.3. The van der Waals surface area contributed by atoms with E-state index in [0.29, 0.717) is 11.3 Å². The third-order valence-electron chi connectivity index (χ3n) is 6.14. The van der Waals surface area contributed by atoms with E-state index in [4.69, 9.17) is 9.15 Å². The Morgan fingerprint density at radius 2 is 1.91 bits per heavy atom. The number of ether oxygens (including phenoxy) is 1. The third kappa shape index (κ3) is 5.19. The smallest absolute Gasteiger partial charge is 0.336 e. The molecule has 2 heterocycles. The number of amides is 1. The molecule has 32 heavy (non-hydrogen) atoms. The van der Waals surface area contributed by atoms with Gasteiger partial charge in [-0.2, -0.15) is 0 Å². The molecule has 1 aliphatic rings. The van der Waals surface area contributed by atoms with Gasteiger partial charge in [0.05, 0.1) is 0 Å². The van der Waals surface area contributed by atoms with Gasteiger partial charge in [0.25, 0.3) is 5.91 Å². The number of hydrogen-bond donors (Lipinski definition) is 1. The lowest BCUT2D eigenvalue weighted by Crippen LogP contribution is -2.45. The molecular weight excluding hydrogens is 404 g/mol. The van der Waals surface area contributed by atoms with Gasteiger partial charge in [-0.15, -0.1) is 0 Å². The Bertz CT molecular complexity index is 1130. The number of nitrogens with one attached hydrogen (secondary N) is 1. The van der Waals surface area contributed by atoms with Crippen molar-refractivity contribution in [3.63, 3.8) is 0 Å². The lowest BCUT2D eigenvalue weighted by molar-refractivity contribution is -0.124. The number of carbonyl (C=O) groups excluding carboxylic acids is 1. The highest BCUT2D eigenvalue weighted by Gasteiger charge is 2.21. The minimum absolute atomic E-state index is 0.0612. The van der Waals surface area contributed by atoms with Crippen LogP contribution in [0.2, 0.25) is 0 Å². The average Bonchev–Trinajstić information content (AvgIpc) is 2.80. The van der Waals surface area contributed by atoms with E-state index in [1.165, 1.54) is 11.6 Å². The molecular formula is C26H30N2O4. The van der Waals surface area contributed by atoms with Crippen molar-refractivity contribution in [1.29, 1.82) is 0 Å². The van der Waals surface area contributed by atoms with Crippen molar-refractivity contribution in [2.24, 2.45) is 0 Å². The quantitative estimate of drug-likeness (QED) is 0.573. The molecule has 1 aliphatic heterocycles. The van der Waals surface area contributed by atoms with Gasteiger partial charge in [0.1, 0.15) is 11.3 Å². The topological polar surface area (TPSA) is 71.8 Å². The van der Waals surface area contributed by atoms with Crippen LogP contribution in [-0.2, 0) is 17.8 Å². The Morgan fingerprint density at radius 3 is 2.62 bits per heavy atom. The van der Waals surface area contributed by atoms with Gasteiger partial charge in [0.15, 0.2) is 6.61 Å². The standard InChI is InChI=1S/C26H30N2O4/c1-3-20-15-25(30)32-26-18(2)23(10-9-22(20)26)31-17-24(29)27-21-11-13-28(14-12-21)16-19-7-5-4-6-8-19/h4-10,15,21H,3,11-14,16-17H2,1-2H3,(H,27,29). The zero-order valence-electron chi connectivity index (χ0n) is 18.7. The van der Waals surface area contributed by atoms with Gasteiger partial charge in [-0.25, -0.2) is 4.79 Å². The summed E-state index contributed by atoms with van der Waals surface area (Å²) in [6, 6.07) is 15.9. The van der Waals surface area contributed by atoms with Gasteiger partial charge in [-0.1, -0.05) is 37.3 Å². The Balaban J connectivity index is 1.29. The summed E-state index contributed by atoms with van der Waals surface area (Å²) in [6.07, 6.45) is 2.60. The lowest BCUT2D eigenvalue weighted by Gasteiger charge is -2.32. The van der Waals surface area contributed by atoms with Crippen LogP contribution in [0.15, 0.2) is 57.7 Å². The molecule has 6 nitrogen and oxygen atoms in total. The van der Waals surface area contributed by atoms with Crippen molar-refractivity contribution in [2.45, 2.75) is 45.7 Å². The summed E-state index contributed by atoms with van der Waals surface area (Å²) in [5, 5.41) is 4.00. The van der Waals surface area contributed by atoms with Crippen LogP contribution in [0.4, 0.5) is 0 Å². The number of aryl methyl sites for hydroxylation is 2. The number of likely N-dealkylation sites (tertiary alicyclic amines) is 1. The predicted octanol–water partition coefficient (Wildman–Crippen LogP) is 3.82. The van der Waals surface area contributed by atoms with E-state index in [1.807, 2.05) is 32.0 Å². The SMILES string of the molecule is CCc1cc(=O)oc2c(C)c(OCC(=O)NC3CCN(Cc4ccccc4)CC3)ccc12. The minimum atomic E-state index is -0.369. The normalized spacial score (nSPS) is 15.1. The molecule has 1 aromatic heterocycles. The number of piperidine rings is 1. The number of benzene rings is 2. The molecule has 2 aromatic carbocycles. The van der Waals surface area contributed by atoms with Crippen LogP contribution >= 0.6 is 0 Å². The third-order valence-corrected chi connectivity index (χ3v) is 6.14. The van der Waals surface area contributed by atoms with Crippen molar-refractivity contribution < 1.29 is 13.9 Å². The Hall–Kier alpha value is -3.12. The van der Waals surface area contributed by atoms with Crippen LogP contribution in [0.5, 0.6) is 5.75 Å². The molecule has 1 N–H and O–H groups in total. The van der Waals surface area contributed by atoms with Gasteiger partial charge >= 0.3 is 5.63 Å². The highest BCUT2D eigenvalue weighted by Crippen LogP contribution is 2.28. The zero-order chi connectivity index (χ0) is 22.5. The van der Waals surface area contributed by atoms with Gasteiger partial charge < -0.3 is 14.5 Å². The van der Waals surface area contributed by atoms with E-state index in [2.05, 4.69) is 34.5 Å². The molecule has 0 radical (unpaired) electrons. The molecule has 0 aliphatic carbocycles. The fraction of sp³-hybridized carbons (Fsp3) is 0.385. The van der Waals surface area contributed by atoms with Crippen LogP contribution in [0.1, 0.15) is 36.5 Å². The molecule has 3 aromatic rings. The summed E-state index contributed by atoms with van der Waals surface area (Å²) in [5.74, 6) is 0.427. The van der Waals surface area contributed by atoms with Crippen LogP contribution in [0.3, 0.4) is 0 Å². The first-order chi connectivity index (χ1) is 15.5. The first kappa shape index (κ1) is 22.1. The predicted molar refractivity (Wildman–Crippen MR) is 125 cm³/mol. The highest BCUT2D eigenvalue weighted by atomic mass is 16.5. The van der Waals surface area contributed by atoms with Gasteiger partial charge in [0, 0.05) is 42.7 Å². The second-order valence-electron chi connectivity index (χ2n) is 8.40. The Morgan fingerprint density at radius 1 is 1.16 bits per heavy atom. The van der Waals surface area contributed by atoms with Crippen molar-refractivity contribution in [2.75, 3.05) is 19.7 Å². The molecule has 0 bridgehead atoms. The van der Waals surface area contributed by atoms with E-state index >= 15 is 0 Å². The second-order valence-corrected chi connectivity index (χ2v) is 8.40. The Kier molecular flexibility index (Phi) is 6.90. The number of fused-ring (bicyclic) bond motifs is 1. The number of carbonyl (C=O) groups is 1. The molecule has 0 spiro atoms. The van der Waals surface area contributed by atoms with Crippen LogP contribution < -0.4 is 15.7 Å². The van der Waals surface area contributed by atoms with E-state index in [1.54, 1.807) is 0 Å². The summed E-state index contributed by atoms with van der Waals surface area (Å²) < 4.78 is 11.2. The highest BCUT2D eigenvalue weighted by molar-refractivity contribution is 5.85. The lowest BCUT2D eigenvalue weighted by atomic mass is 10.0. The van der Waals surface area contributed by atoms with Crippen molar-refractivity contribution in [3.8, 4) is 5.75 Å². The van der Waals surface area contributed by atoms with E-state index < -0.39 is 0 Å². The summed E-state index contributed by atoms with van der Waals surface area (Å²) in [4.78, 5) is 26.7. The van der Waals surface area contributed by atoms with E-state index in [0.717, 1.165) is 55.4 Å². The van der Waals surface area contributed by atoms with Crippen LogP contribution in [0, 0.1) is 6.92 Å². The Labute approximate surface area is 188 Å². The van der Waals surface area contributed by atoms with Crippen molar-refractivity contribution in [3.05, 3.63) is 75.6 Å². The van der Waals surface area contributed by atoms with Crippen molar-refractivity contribution in [1.82, 2.24) is 10.2 Å². The largest absolute Gasteiger partial charge is 0.483 e. The summed E-state index contributed by atoms with van der Waals surface area (Å²) >= 11 is 0. The maximum Gasteiger partial charge on any atom is 0.336 e. The first-order valence-corrected chi connectivity index (χ1v) is 11.3. The fourth-order valence-electron chi connectivity index (χ4n) is 4.35. The molecule has 6 heteroatoms. The van der Waals surface area contributed by atoms with Crippen LogP contribution in [-0.4, -0.2) is 36.5 Å². The van der Waals surface area contributed by atoms with E-state index in [9.17, 15) is 9.59 Å². The molecule has 4 rings (SSSR count). The fourth-order valence-corrected chi connectivity index (χ4v) is 4.35. The maximum absolute atomic E-state index is 12.5. The van der Waals surface area contributed by atoms with Crippen molar-refractivity contribution >= 4 is 16.9 Å². The number of hydrogen-bond acceptors (Lipinski definition) is 5. The number of nitrogens with zero attached hydrogens (tertiary/aromatic N) is 1. The maximum atomic E-state index is 12.5. The molecule has 0 saturated carbocycles. The summed E-state index contributed by atoms with van der Waals surface area (Å²) in [7, 11) is 0. The molecule has 0 unspecified atom stereocenters. The summed E-state index contributed by atoms with van der Waals surface area (Å²) in [5.41, 5.74) is 3.15. The van der Waals surface area contributed by atoms with Gasteiger partial charge in [0.2, 0.25) is 0 Å². The summed E-state index contributed by atoms with van der Waals surface area (Å²) in [6.45, 7) is 6.66. The van der Waals surface area contributed by atoms with Gasteiger partial charge in [-0.05, 0) is 49.4 Å². The molecule has 0 atom stereocenters. The van der Waals surface area contributed by atoms with Crippen LogP contribution in [0.25, 0.3) is 11.0 Å². The molecule has 168 valence electrons. The zero-order valence-corrected chi connectivity index (χ0v) is 18.7. The van der Waals surface area contributed by atoms with Gasteiger partial charge in [-0.3, -0.25) is 9.69 Å². The second kappa shape index (κ2) is 10.0. The van der Waals surface area contributed by atoms with E-state index in [-0.39, 0.29) is 24.2 Å². The number of rotatable bonds is 7. The average molecular weight is 435 g/mol. The monoisotopic (exact) mass is 434 g/mol. The molecule has 1 amide bonds.